The molecular weight excluding hydrogens is 380 g/mol. The zero-order chi connectivity index (χ0) is 19.4. The molecule has 3 heterocycles. The maximum absolute atomic E-state index is 13.3. The van der Waals surface area contributed by atoms with Crippen molar-refractivity contribution in [3.05, 3.63) is 23.8 Å². The van der Waals surface area contributed by atoms with Crippen LogP contribution in [-0.4, -0.2) is 51.5 Å². The lowest BCUT2D eigenvalue weighted by molar-refractivity contribution is -0.256. The molecule has 2 saturated heterocycles. The molecule has 0 aromatic heterocycles. The van der Waals surface area contributed by atoms with Crippen LogP contribution in [0.5, 0.6) is 0 Å². The zero-order valence-corrected chi connectivity index (χ0v) is 16.7. The van der Waals surface area contributed by atoms with Crippen LogP contribution in [0.3, 0.4) is 0 Å². The van der Waals surface area contributed by atoms with E-state index in [0.717, 1.165) is 37.8 Å². The van der Waals surface area contributed by atoms with Gasteiger partial charge in [-0.3, -0.25) is 4.79 Å². The topological polar surface area (TPSA) is 76.2 Å². The van der Waals surface area contributed by atoms with Crippen molar-refractivity contribution in [3.8, 4) is 0 Å². The van der Waals surface area contributed by atoms with Gasteiger partial charge in [-0.15, -0.1) is 0 Å². The molecule has 0 radical (unpaired) electrons. The maximum Gasteiger partial charge on any atom is 0.292 e. The van der Waals surface area contributed by atoms with Gasteiger partial charge in [0.05, 0.1) is 23.8 Å². The summed E-state index contributed by atoms with van der Waals surface area (Å²) in [6.07, 6.45) is 5.93. The SMILES string of the molecule is O=C1N(CC2CCC2)c2ccc(S(=O)(=O)N3CCCC3)cc2C12OCCCO2. The fourth-order valence-corrected chi connectivity index (χ4v) is 6.12. The molecule has 1 saturated carbocycles. The number of sulfonamides is 1. The van der Waals surface area contributed by atoms with Gasteiger partial charge in [0.25, 0.3) is 11.7 Å². The molecule has 0 bridgehead atoms. The van der Waals surface area contributed by atoms with Gasteiger partial charge in [-0.05, 0) is 56.2 Å². The van der Waals surface area contributed by atoms with Crippen molar-refractivity contribution < 1.29 is 22.7 Å². The number of carbonyl (C=O) groups excluding carboxylic acids is 1. The summed E-state index contributed by atoms with van der Waals surface area (Å²) in [5, 5.41) is 0. The Balaban J connectivity index is 1.57. The first-order valence-corrected chi connectivity index (χ1v) is 11.7. The predicted octanol–water partition coefficient (Wildman–Crippen LogP) is 2.21. The second-order valence-corrected chi connectivity index (χ2v) is 10.1. The number of benzene rings is 1. The van der Waals surface area contributed by atoms with E-state index in [0.29, 0.717) is 44.3 Å². The summed E-state index contributed by atoms with van der Waals surface area (Å²) in [6, 6.07) is 4.98. The quantitative estimate of drug-likeness (QED) is 0.766. The maximum atomic E-state index is 13.3. The van der Waals surface area contributed by atoms with Crippen LogP contribution < -0.4 is 4.90 Å². The predicted molar refractivity (Wildman–Crippen MR) is 102 cm³/mol. The van der Waals surface area contributed by atoms with Crippen LogP contribution in [0.2, 0.25) is 0 Å². The van der Waals surface area contributed by atoms with E-state index in [1.807, 2.05) is 0 Å². The minimum atomic E-state index is -3.57. The number of amides is 1. The van der Waals surface area contributed by atoms with E-state index in [2.05, 4.69) is 0 Å². The van der Waals surface area contributed by atoms with E-state index in [-0.39, 0.29) is 10.8 Å². The fraction of sp³-hybridized carbons (Fsp3) is 0.650. The Bertz CT molecular complexity index is 884. The summed E-state index contributed by atoms with van der Waals surface area (Å²) in [4.78, 5) is 15.3. The number of ether oxygens (including phenoxy) is 2. The highest BCUT2D eigenvalue weighted by Crippen LogP contribution is 2.47. The molecule has 1 aromatic carbocycles. The normalized spacial score (nSPS) is 25.3. The highest BCUT2D eigenvalue weighted by molar-refractivity contribution is 7.89. The lowest BCUT2D eigenvalue weighted by Crippen LogP contribution is -2.48. The first kappa shape index (κ1) is 18.5. The Labute approximate surface area is 165 Å². The third-order valence-corrected chi connectivity index (χ3v) is 8.30. The molecule has 7 nitrogen and oxygen atoms in total. The number of nitrogens with zero attached hydrogens (tertiary/aromatic N) is 2. The van der Waals surface area contributed by atoms with Gasteiger partial charge in [0.1, 0.15) is 0 Å². The molecule has 3 fully saturated rings. The van der Waals surface area contributed by atoms with Crippen LogP contribution in [0.4, 0.5) is 5.69 Å². The number of carbonyl (C=O) groups is 1. The molecule has 0 N–H and O–H groups in total. The molecule has 8 heteroatoms. The molecule has 1 amide bonds. The Kier molecular flexibility index (Phi) is 4.50. The largest absolute Gasteiger partial charge is 0.338 e. The Morgan fingerprint density at radius 3 is 2.39 bits per heavy atom. The van der Waals surface area contributed by atoms with E-state index in [1.165, 1.54) is 10.7 Å². The van der Waals surface area contributed by atoms with Crippen molar-refractivity contribution in [2.75, 3.05) is 37.7 Å². The second kappa shape index (κ2) is 6.79. The van der Waals surface area contributed by atoms with Crippen LogP contribution in [-0.2, 0) is 30.1 Å². The number of anilines is 1. The van der Waals surface area contributed by atoms with Gasteiger partial charge in [0.15, 0.2) is 0 Å². The van der Waals surface area contributed by atoms with Gasteiger partial charge in [-0.1, -0.05) is 6.42 Å². The van der Waals surface area contributed by atoms with Crippen molar-refractivity contribution in [2.45, 2.75) is 49.2 Å². The van der Waals surface area contributed by atoms with E-state index in [1.54, 1.807) is 23.1 Å². The number of fused-ring (bicyclic) bond motifs is 2. The summed E-state index contributed by atoms with van der Waals surface area (Å²) in [7, 11) is -3.57. The standard InChI is InChI=1S/C20H26N2O5S/c23-19-20(26-11-4-12-27-20)17-13-16(28(24,25)21-9-1-2-10-21)7-8-18(17)22(19)14-15-5-3-6-15/h7-8,13,15H,1-6,9-12,14H2. The molecule has 152 valence electrons. The first-order chi connectivity index (χ1) is 13.5. The van der Waals surface area contributed by atoms with Crippen LogP contribution in [0.1, 0.15) is 44.1 Å². The van der Waals surface area contributed by atoms with Crippen LogP contribution in [0.25, 0.3) is 0 Å². The van der Waals surface area contributed by atoms with E-state index < -0.39 is 15.8 Å². The summed E-state index contributed by atoms with van der Waals surface area (Å²) < 4.78 is 39.4. The van der Waals surface area contributed by atoms with Gasteiger partial charge < -0.3 is 14.4 Å². The van der Waals surface area contributed by atoms with Crippen LogP contribution in [0, 0.1) is 5.92 Å². The van der Waals surface area contributed by atoms with Crippen molar-refractivity contribution in [3.63, 3.8) is 0 Å². The monoisotopic (exact) mass is 406 g/mol. The lowest BCUT2D eigenvalue weighted by atomic mass is 9.85. The lowest BCUT2D eigenvalue weighted by Gasteiger charge is -2.34. The third-order valence-electron chi connectivity index (χ3n) is 6.41. The molecule has 5 rings (SSSR count). The summed E-state index contributed by atoms with van der Waals surface area (Å²) in [6.45, 7) is 2.57. The van der Waals surface area contributed by atoms with Crippen molar-refractivity contribution >= 4 is 21.6 Å². The third kappa shape index (κ3) is 2.73. The highest BCUT2D eigenvalue weighted by Gasteiger charge is 2.55. The fourth-order valence-electron chi connectivity index (χ4n) is 4.58. The second-order valence-electron chi connectivity index (χ2n) is 8.17. The number of hydrogen-bond acceptors (Lipinski definition) is 5. The molecule has 3 aliphatic heterocycles. The average molecular weight is 407 g/mol. The van der Waals surface area contributed by atoms with Gasteiger partial charge in [0.2, 0.25) is 10.0 Å². The van der Waals surface area contributed by atoms with Crippen LogP contribution in [0.15, 0.2) is 23.1 Å². The Morgan fingerprint density at radius 1 is 1.04 bits per heavy atom. The van der Waals surface area contributed by atoms with Crippen molar-refractivity contribution in [2.24, 2.45) is 5.92 Å². The van der Waals surface area contributed by atoms with Crippen molar-refractivity contribution in [1.29, 1.82) is 0 Å². The highest BCUT2D eigenvalue weighted by atomic mass is 32.2. The molecule has 1 aromatic rings. The van der Waals surface area contributed by atoms with E-state index >= 15 is 0 Å². The number of rotatable bonds is 4. The molecule has 1 spiro atoms. The Hall–Kier alpha value is -1.48. The smallest absolute Gasteiger partial charge is 0.292 e. The molecule has 0 unspecified atom stereocenters. The molecular formula is C20H26N2O5S. The Morgan fingerprint density at radius 2 is 1.75 bits per heavy atom. The first-order valence-electron chi connectivity index (χ1n) is 10.3. The summed E-state index contributed by atoms with van der Waals surface area (Å²) in [5.74, 6) is -1.22. The van der Waals surface area contributed by atoms with Crippen molar-refractivity contribution in [1.82, 2.24) is 4.31 Å². The molecule has 4 aliphatic rings. The molecule has 28 heavy (non-hydrogen) atoms. The molecule has 1 aliphatic carbocycles. The van der Waals surface area contributed by atoms with E-state index in [4.69, 9.17) is 9.47 Å². The summed E-state index contributed by atoms with van der Waals surface area (Å²) >= 11 is 0. The van der Waals surface area contributed by atoms with Crippen LogP contribution >= 0.6 is 0 Å². The summed E-state index contributed by atoms with van der Waals surface area (Å²) in [5.41, 5.74) is 1.26. The van der Waals surface area contributed by atoms with Gasteiger partial charge >= 0.3 is 0 Å². The minimum Gasteiger partial charge on any atom is -0.338 e. The molecule has 0 atom stereocenters. The van der Waals surface area contributed by atoms with Gasteiger partial charge in [-0.2, -0.15) is 4.31 Å². The zero-order valence-electron chi connectivity index (χ0n) is 15.9. The number of hydrogen-bond donors (Lipinski definition) is 0. The van der Waals surface area contributed by atoms with E-state index in [9.17, 15) is 13.2 Å². The van der Waals surface area contributed by atoms with Gasteiger partial charge in [0, 0.05) is 25.2 Å². The average Bonchev–Trinajstić information content (AvgIpc) is 3.28. The minimum absolute atomic E-state index is 0.212. The van der Waals surface area contributed by atoms with Gasteiger partial charge in [-0.25, -0.2) is 8.42 Å².